The first-order chi connectivity index (χ1) is 9.95. The van der Waals surface area contributed by atoms with Crippen molar-refractivity contribution in [3.05, 3.63) is 23.2 Å². The third-order valence-electron chi connectivity index (χ3n) is 3.26. The Balaban J connectivity index is 2.19. The molecule has 112 valence electrons. The Morgan fingerprint density at radius 2 is 2.24 bits per heavy atom. The van der Waals surface area contributed by atoms with Crippen molar-refractivity contribution < 1.29 is 9.59 Å². The van der Waals surface area contributed by atoms with Crippen LogP contribution in [0.5, 0.6) is 0 Å². The van der Waals surface area contributed by atoms with Gasteiger partial charge in [0.15, 0.2) is 0 Å². The Hall–Kier alpha value is -2.15. The van der Waals surface area contributed by atoms with Crippen LogP contribution in [-0.2, 0) is 4.79 Å². The summed E-state index contributed by atoms with van der Waals surface area (Å²) in [5.41, 5.74) is 6.95. The summed E-state index contributed by atoms with van der Waals surface area (Å²) in [4.78, 5) is 30.4. The van der Waals surface area contributed by atoms with Crippen LogP contribution in [0.3, 0.4) is 0 Å². The summed E-state index contributed by atoms with van der Waals surface area (Å²) in [6.45, 7) is 4.13. The summed E-state index contributed by atoms with van der Waals surface area (Å²) < 4.78 is 0.852. The van der Waals surface area contributed by atoms with Crippen LogP contribution in [0.15, 0.2) is 18.3 Å². The normalized spacial score (nSPS) is 12.1. The predicted molar refractivity (Wildman–Crippen MR) is 84.3 cm³/mol. The van der Waals surface area contributed by atoms with Crippen LogP contribution in [0.4, 0.5) is 5.69 Å². The second kappa shape index (κ2) is 6.09. The molecule has 2 aromatic rings. The van der Waals surface area contributed by atoms with Gasteiger partial charge in [0, 0.05) is 19.8 Å². The van der Waals surface area contributed by atoms with Crippen LogP contribution in [0.2, 0.25) is 0 Å². The number of carbonyl (C=O) groups is 2. The minimum absolute atomic E-state index is 0.136. The van der Waals surface area contributed by atoms with E-state index < -0.39 is 6.04 Å². The molecule has 2 rings (SSSR count). The average Bonchev–Trinajstić information content (AvgIpc) is 2.83. The molecule has 0 aliphatic rings. The highest BCUT2D eigenvalue weighted by molar-refractivity contribution is 7.21. The van der Waals surface area contributed by atoms with Gasteiger partial charge in [0.2, 0.25) is 5.91 Å². The number of aromatic nitrogens is 1. The number of pyridine rings is 1. The Labute approximate surface area is 127 Å². The molecule has 0 aliphatic carbocycles. The first kappa shape index (κ1) is 15.2. The fourth-order valence-corrected chi connectivity index (χ4v) is 2.91. The molecule has 2 amide bonds. The van der Waals surface area contributed by atoms with E-state index in [9.17, 15) is 9.59 Å². The van der Waals surface area contributed by atoms with Crippen molar-refractivity contribution in [1.82, 2.24) is 15.2 Å². The van der Waals surface area contributed by atoms with Gasteiger partial charge in [0.25, 0.3) is 5.91 Å². The maximum atomic E-state index is 12.3. The van der Waals surface area contributed by atoms with Crippen molar-refractivity contribution >= 4 is 39.1 Å². The zero-order valence-electron chi connectivity index (χ0n) is 12.2. The molecule has 0 radical (unpaired) electrons. The minimum Gasteiger partial charge on any atom is -0.396 e. The van der Waals surface area contributed by atoms with E-state index in [0.717, 1.165) is 4.70 Å². The first-order valence-corrected chi connectivity index (χ1v) is 7.46. The highest BCUT2D eigenvalue weighted by Gasteiger charge is 2.22. The fourth-order valence-electron chi connectivity index (χ4n) is 1.93. The summed E-state index contributed by atoms with van der Waals surface area (Å²) in [5.74, 6) is -0.482. The topological polar surface area (TPSA) is 88.3 Å². The molecule has 2 aromatic heterocycles. The van der Waals surface area contributed by atoms with Crippen LogP contribution in [0.1, 0.15) is 23.5 Å². The van der Waals surface area contributed by atoms with Crippen molar-refractivity contribution in [3.8, 4) is 0 Å². The van der Waals surface area contributed by atoms with Crippen LogP contribution in [-0.4, -0.2) is 41.3 Å². The lowest BCUT2D eigenvalue weighted by Crippen LogP contribution is -2.45. The number of nitrogens with zero attached hydrogens (tertiary/aromatic N) is 2. The zero-order chi connectivity index (χ0) is 15.6. The summed E-state index contributed by atoms with van der Waals surface area (Å²) in [6, 6.07) is 3.06. The van der Waals surface area contributed by atoms with Gasteiger partial charge in [0.05, 0.1) is 10.4 Å². The smallest absolute Gasteiger partial charge is 0.264 e. The highest BCUT2D eigenvalue weighted by Crippen LogP contribution is 2.31. The molecule has 7 heteroatoms. The number of anilines is 1. The Bertz CT molecular complexity index is 683. The standard InChI is InChI=1S/C14H18N4O2S/c1-4-18(3)14(20)8(2)17-13(19)12-10(15)11-9(21-12)6-5-7-16-11/h5-8H,4,15H2,1-3H3,(H,17,19). The van der Waals surface area contributed by atoms with E-state index in [1.54, 1.807) is 31.1 Å². The van der Waals surface area contributed by atoms with E-state index in [4.69, 9.17) is 5.73 Å². The number of rotatable bonds is 4. The van der Waals surface area contributed by atoms with Crippen LogP contribution in [0.25, 0.3) is 10.2 Å². The second-order valence-corrected chi connectivity index (χ2v) is 5.79. The van der Waals surface area contributed by atoms with Crippen molar-refractivity contribution in [2.45, 2.75) is 19.9 Å². The predicted octanol–water partition coefficient (Wildman–Crippen LogP) is 1.48. The molecule has 0 bridgehead atoms. The van der Waals surface area contributed by atoms with E-state index in [1.165, 1.54) is 11.3 Å². The maximum Gasteiger partial charge on any atom is 0.264 e. The number of amides is 2. The van der Waals surface area contributed by atoms with Gasteiger partial charge in [0.1, 0.15) is 16.4 Å². The van der Waals surface area contributed by atoms with Gasteiger partial charge in [-0.3, -0.25) is 14.6 Å². The molecule has 1 atom stereocenters. The number of hydrogen-bond donors (Lipinski definition) is 2. The lowest BCUT2D eigenvalue weighted by molar-refractivity contribution is -0.131. The molecular weight excluding hydrogens is 288 g/mol. The van der Waals surface area contributed by atoms with Gasteiger partial charge in [-0.05, 0) is 26.0 Å². The SMILES string of the molecule is CCN(C)C(=O)C(C)NC(=O)c1sc2cccnc2c1N. The van der Waals surface area contributed by atoms with Crippen molar-refractivity contribution in [1.29, 1.82) is 0 Å². The molecule has 0 aromatic carbocycles. The molecule has 6 nitrogen and oxygen atoms in total. The summed E-state index contributed by atoms with van der Waals surface area (Å²) in [5, 5.41) is 2.69. The van der Waals surface area contributed by atoms with E-state index >= 15 is 0 Å². The Kier molecular flexibility index (Phi) is 4.42. The molecule has 1 unspecified atom stereocenters. The third kappa shape index (κ3) is 2.97. The molecular formula is C14H18N4O2S. The summed E-state index contributed by atoms with van der Waals surface area (Å²) in [7, 11) is 1.70. The van der Waals surface area contributed by atoms with Crippen molar-refractivity contribution in [2.24, 2.45) is 0 Å². The van der Waals surface area contributed by atoms with E-state index in [-0.39, 0.29) is 11.8 Å². The zero-order valence-corrected chi connectivity index (χ0v) is 13.0. The van der Waals surface area contributed by atoms with Gasteiger partial charge in [-0.25, -0.2) is 0 Å². The molecule has 0 saturated heterocycles. The quantitative estimate of drug-likeness (QED) is 0.895. The molecule has 0 fully saturated rings. The minimum atomic E-state index is -0.597. The highest BCUT2D eigenvalue weighted by atomic mass is 32.1. The number of nitrogens with two attached hydrogens (primary N) is 1. The number of thiophene rings is 1. The lowest BCUT2D eigenvalue weighted by Gasteiger charge is -2.20. The maximum absolute atomic E-state index is 12.3. The number of fused-ring (bicyclic) bond motifs is 1. The van der Waals surface area contributed by atoms with Crippen LogP contribution in [0, 0.1) is 0 Å². The number of likely N-dealkylation sites (N-methyl/N-ethyl adjacent to an activating group) is 1. The third-order valence-corrected chi connectivity index (χ3v) is 4.42. The molecule has 0 saturated carbocycles. The lowest BCUT2D eigenvalue weighted by atomic mass is 10.2. The van der Waals surface area contributed by atoms with Gasteiger partial charge >= 0.3 is 0 Å². The molecule has 0 aliphatic heterocycles. The van der Waals surface area contributed by atoms with Crippen LogP contribution < -0.4 is 11.1 Å². The van der Waals surface area contributed by atoms with E-state index in [0.29, 0.717) is 22.6 Å². The number of nitrogen functional groups attached to an aromatic ring is 1. The van der Waals surface area contributed by atoms with Crippen molar-refractivity contribution in [2.75, 3.05) is 19.3 Å². The first-order valence-electron chi connectivity index (χ1n) is 6.64. The fraction of sp³-hybridized carbons (Fsp3) is 0.357. The Morgan fingerprint density at radius 3 is 2.86 bits per heavy atom. The molecule has 2 heterocycles. The molecule has 21 heavy (non-hydrogen) atoms. The van der Waals surface area contributed by atoms with E-state index in [2.05, 4.69) is 10.3 Å². The summed E-state index contributed by atoms with van der Waals surface area (Å²) >= 11 is 1.28. The number of carbonyl (C=O) groups excluding carboxylic acids is 2. The number of hydrogen-bond acceptors (Lipinski definition) is 5. The van der Waals surface area contributed by atoms with Gasteiger partial charge in [-0.2, -0.15) is 0 Å². The summed E-state index contributed by atoms with van der Waals surface area (Å²) in [6.07, 6.45) is 1.63. The van der Waals surface area contributed by atoms with Gasteiger partial charge in [-0.15, -0.1) is 11.3 Å². The van der Waals surface area contributed by atoms with Crippen molar-refractivity contribution in [3.63, 3.8) is 0 Å². The van der Waals surface area contributed by atoms with Crippen LogP contribution >= 0.6 is 11.3 Å². The Morgan fingerprint density at radius 1 is 1.52 bits per heavy atom. The van der Waals surface area contributed by atoms with Gasteiger partial charge in [-0.1, -0.05) is 0 Å². The van der Waals surface area contributed by atoms with E-state index in [1.807, 2.05) is 13.0 Å². The van der Waals surface area contributed by atoms with Gasteiger partial charge < -0.3 is 16.0 Å². The number of nitrogens with one attached hydrogen (secondary N) is 1. The largest absolute Gasteiger partial charge is 0.396 e. The molecule has 0 spiro atoms. The monoisotopic (exact) mass is 306 g/mol. The molecule has 3 N–H and O–H groups in total. The second-order valence-electron chi connectivity index (χ2n) is 4.74. The average molecular weight is 306 g/mol.